The lowest BCUT2D eigenvalue weighted by molar-refractivity contribution is -0.473. The normalized spacial score (nSPS) is 32.9. The minimum Gasteiger partial charge on any atom is -0.461 e. The van der Waals surface area contributed by atoms with Crippen LogP contribution in [0, 0.1) is 46.3 Å². The Morgan fingerprint density at radius 3 is 1.50 bits per heavy atom. The molecule has 0 spiro atoms. The number of rotatable bonds is 13. The summed E-state index contributed by atoms with van der Waals surface area (Å²) in [5.41, 5.74) is -0.399. The van der Waals surface area contributed by atoms with Crippen molar-refractivity contribution in [1.82, 2.24) is 0 Å². The molecule has 0 aliphatic heterocycles. The van der Waals surface area contributed by atoms with Crippen molar-refractivity contribution in [2.75, 3.05) is 6.61 Å². The fourth-order valence-corrected chi connectivity index (χ4v) is 10.5. The standard InChI is InChI=1S/C34H39F21O3/c1-15(19-6-7-20-18-5-4-16-14-17(56)8-11-23(16,2)21(18)9-12-24(19,20)3)10-13-58-22(57)25(35,36)26(37,38)27(39,40)28(41,42)29(43,44)30(45,46)31(47,48)32(49,50)33(51,52)34(53,54)55/h15-21,56H,4-14H2,1-3H3/t15-,16-,17-,18+,19-,20+,21+,23+,24-/m1/s1. The molecule has 4 fully saturated rings. The third-order valence-corrected chi connectivity index (χ3v) is 14.0. The van der Waals surface area contributed by atoms with Gasteiger partial charge in [-0.25, -0.2) is 4.79 Å². The van der Waals surface area contributed by atoms with Crippen LogP contribution in [-0.2, 0) is 9.53 Å². The van der Waals surface area contributed by atoms with E-state index < -0.39 is 84.4 Å². The molecule has 9 atom stereocenters. The lowest BCUT2D eigenvalue weighted by Crippen LogP contribution is -2.77. The number of carbonyl (C=O) groups excluding carboxylic acids is 1. The zero-order valence-corrected chi connectivity index (χ0v) is 30.5. The number of fused-ring (bicyclic) bond motifs is 5. The average Bonchev–Trinajstić information content (AvgIpc) is 3.44. The van der Waals surface area contributed by atoms with Crippen LogP contribution in [0.4, 0.5) is 92.2 Å². The molecule has 0 aromatic heterocycles. The van der Waals surface area contributed by atoms with Crippen LogP contribution in [0.3, 0.4) is 0 Å². The predicted octanol–water partition coefficient (Wildman–Crippen LogP) is 11.9. The minimum atomic E-state index is -9.28. The summed E-state index contributed by atoms with van der Waals surface area (Å²) in [7, 11) is 0. The highest BCUT2D eigenvalue weighted by Gasteiger charge is 2.98. The molecule has 58 heavy (non-hydrogen) atoms. The van der Waals surface area contributed by atoms with Gasteiger partial charge >= 0.3 is 65.4 Å². The summed E-state index contributed by atoms with van der Waals surface area (Å²) < 4.78 is 292. The van der Waals surface area contributed by atoms with Gasteiger partial charge in [-0.05, 0) is 111 Å². The fourth-order valence-electron chi connectivity index (χ4n) is 10.5. The van der Waals surface area contributed by atoms with Crippen LogP contribution in [0.15, 0.2) is 0 Å². The first-order valence-corrected chi connectivity index (χ1v) is 18.0. The maximum Gasteiger partial charge on any atom is 0.460 e. The minimum absolute atomic E-state index is 0.0136. The molecule has 0 aromatic rings. The molecule has 3 nitrogen and oxygen atoms in total. The molecule has 0 heterocycles. The highest BCUT2D eigenvalue weighted by atomic mass is 19.4. The van der Waals surface area contributed by atoms with Crippen LogP contribution in [-0.4, -0.2) is 83.3 Å². The number of carbonyl (C=O) groups is 1. The van der Waals surface area contributed by atoms with Gasteiger partial charge < -0.3 is 9.84 Å². The second-order valence-corrected chi connectivity index (χ2v) is 16.9. The maximum atomic E-state index is 14.5. The molecule has 0 bridgehead atoms. The lowest BCUT2D eigenvalue weighted by atomic mass is 9.44. The Morgan fingerprint density at radius 1 is 0.586 bits per heavy atom. The Hall–Kier alpha value is -2.04. The van der Waals surface area contributed by atoms with Crippen LogP contribution in [0.5, 0.6) is 0 Å². The summed E-state index contributed by atoms with van der Waals surface area (Å²) in [5.74, 6) is -82.6. The van der Waals surface area contributed by atoms with E-state index in [1.54, 1.807) is 0 Å². The number of hydrogen-bond donors (Lipinski definition) is 1. The molecule has 1 N–H and O–H groups in total. The number of hydrogen-bond acceptors (Lipinski definition) is 3. The zero-order chi connectivity index (χ0) is 45.1. The molecule has 0 amide bonds. The fraction of sp³-hybridized carbons (Fsp3) is 0.971. The number of esters is 1. The van der Waals surface area contributed by atoms with E-state index in [2.05, 4.69) is 11.7 Å². The quantitative estimate of drug-likeness (QED) is 0.148. The average molecular weight is 895 g/mol. The SMILES string of the molecule is C[C@H](CCOC(=O)C(F)(F)C(F)(F)C(F)(F)C(F)(F)C(F)(F)C(F)(F)C(F)(F)C(F)(F)C(F)(F)C(F)(F)F)[C@H]1CC[C@H]2[C@@H]3CC[C@@H]4C[C@H](O)CC[C@]4(C)[C@H]3CC[C@]12C. The van der Waals surface area contributed by atoms with Gasteiger partial charge in [0.25, 0.3) is 0 Å². The number of aliphatic hydroxyl groups is 1. The summed E-state index contributed by atoms with van der Waals surface area (Å²) in [6.07, 6.45) is -2.26. The van der Waals surface area contributed by atoms with E-state index in [0.717, 1.165) is 25.7 Å². The largest absolute Gasteiger partial charge is 0.461 e. The number of aliphatic hydroxyl groups excluding tert-OH is 1. The second-order valence-electron chi connectivity index (χ2n) is 16.9. The summed E-state index contributed by atoms with van der Waals surface area (Å²) in [6, 6.07) is 0. The molecule has 0 unspecified atom stereocenters. The highest BCUT2D eigenvalue weighted by molar-refractivity contribution is 5.79. The van der Waals surface area contributed by atoms with Gasteiger partial charge in [0.15, 0.2) is 0 Å². The molecule has 4 saturated carbocycles. The summed E-state index contributed by atoms with van der Waals surface area (Å²) >= 11 is 0. The smallest absolute Gasteiger partial charge is 0.460 e. The van der Waals surface area contributed by atoms with Crippen LogP contribution < -0.4 is 0 Å². The lowest BCUT2D eigenvalue weighted by Gasteiger charge is -2.61. The van der Waals surface area contributed by atoms with Gasteiger partial charge in [0.05, 0.1) is 12.7 Å². The van der Waals surface area contributed by atoms with Crippen LogP contribution in [0.1, 0.15) is 85.0 Å². The monoisotopic (exact) mass is 894 g/mol. The number of halogens is 21. The number of alkyl halides is 21. The van der Waals surface area contributed by atoms with Crippen molar-refractivity contribution in [1.29, 1.82) is 0 Å². The van der Waals surface area contributed by atoms with Gasteiger partial charge in [-0.15, -0.1) is 0 Å². The Morgan fingerprint density at radius 2 is 1.02 bits per heavy atom. The Kier molecular flexibility index (Phi) is 11.9. The van der Waals surface area contributed by atoms with Crippen molar-refractivity contribution >= 4 is 5.97 Å². The van der Waals surface area contributed by atoms with Gasteiger partial charge in [-0.3, -0.25) is 0 Å². The third-order valence-electron chi connectivity index (χ3n) is 14.0. The molecular weight excluding hydrogens is 855 g/mol. The van der Waals surface area contributed by atoms with Crippen molar-refractivity contribution in [2.24, 2.45) is 46.3 Å². The first-order chi connectivity index (χ1) is 25.7. The van der Waals surface area contributed by atoms with E-state index in [9.17, 15) is 102 Å². The highest BCUT2D eigenvalue weighted by Crippen LogP contribution is 2.69. The first-order valence-electron chi connectivity index (χ1n) is 18.0. The molecule has 0 saturated heterocycles. The van der Waals surface area contributed by atoms with Crippen molar-refractivity contribution in [3.05, 3.63) is 0 Å². The van der Waals surface area contributed by atoms with E-state index >= 15 is 0 Å². The van der Waals surface area contributed by atoms with Crippen LogP contribution in [0.25, 0.3) is 0 Å². The van der Waals surface area contributed by atoms with E-state index in [-0.39, 0.29) is 34.7 Å². The summed E-state index contributed by atoms with van der Waals surface area (Å²) in [5, 5.41) is 10.2. The van der Waals surface area contributed by atoms with Gasteiger partial charge in [0.2, 0.25) is 0 Å². The van der Waals surface area contributed by atoms with Gasteiger partial charge in [0, 0.05) is 0 Å². The second kappa shape index (κ2) is 14.3. The summed E-state index contributed by atoms with van der Waals surface area (Å²) in [4.78, 5) is 12.0. The van der Waals surface area contributed by atoms with Crippen molar-refractivity contribution in [2.45, 2.75) is 151 Å². The van der Waals surface area contributed by atoms with E-state index in [0.29, 0.717) is 43.9 Å². The van der Waals surface area contributed by atoms with Crippen molar-refractivity contribution in [3.8, 4) is 0 Å². The molecule has 4 aliphatic carbocycles. The predicted molar refractivity (Wildman–Crippen MR) is 157 cm³/mol. The molecule has 4 rings (SSSR count). The topological polar surface area (TPSA) is 46.5 Å². The molecule has 24 heteroatoms. The van der Waals surface area contributed by atoms with Gasteiger partial charge in [-0.2, -0.15) is 92.2 Å². The van der Waals surface area contributed by atoms with Crippen LogP contribution in [0.2, 0.25) is 0 Å². The van der Waals surface area contributed by atoms with E-state index in [1.165, 1.54) is 6.92 Å². The maximum absolute atomic E-state index is 14.5. The molecule has 0 aromatic carbocycles. The van der Waals surface area contributed by atoms with Gasteiger partial charge in [-0.1, -0.05) is 20.8 Å². The Labute approximate surface area is 316 Å². The van der Waals surface area contributed by atoms with Crippen molar-refractivity contribution < 1.29 is 107 Å². The number of ether oxygens (including phenoxy) is 1. The van der Waals surface area contributed by atoms with Crippen molar-refractivity contribution in [3.63, 3.8) is 0 Å². The Balaban J connectivity index is 1.48. The zero-order valence-electron chi connectivity index (χ0n) is 30.5. The summed E-state index contributed by atoms with van der Waals surface area (Å²) in [6.45, 7) is 4.40. The molecule has 340 valence electrons. The molecular formula is C34H39F21O3. The third kappa shape index (κ3) is 6.47. The molecule has 0 radical (unpaired) electrons. The first kappa shape index (κ1) is 48.6. The Bertz CT molecular complexity index is 1530. The van der Waals surface area contributed by atoms with Gasteiger partial charge in [0.1, 0.15) is 0 Å². The van der Waals surface area contributed by atoms with E-state index in [1.807, 2.05) is 6.92 Å². The molecule has 4 aliphatic rings. The van der Waals surface area contributed by atoms with Crippen LogP contribution >= 0.6 is 0 Å². The van der Waals surface area contributed by atoms with E-state index in [4.69, 9.17) is 0 Å².